The third kappa shape index (κ3) is 3.74. The smallest absolute Gasteiger partial charge is 0.282 e. The first-order valence-electron chi connectivity index (χ1n) is 5.35. The summed E-state index contributed by atoms with van der Waals surface area (Å²) in [6.07, 6.45) is 1.32. The molecule has 0 radical (unpaired) electrons. The quantitative estimate of drug-likeness (QED) is 0.833. The van der Waals surface area contributed by atoms with E-state index in [1.165, 1.54) is 0 Å². The predicted molar refractivity (Wildman–Crippen MR) is 64.9 cm³/mol. The fraction of sp³-hybridized carbons (Fsp3) is 0.667. The van der Waals surface area contributed by atoms with Gasteiger partial charge < -0.3 is 5.32 Å². The van der Waals surface area contributed by atoms with Crippen molar-refractivity contribution in [3.05, 3.63) is 5.01 Å². The summed E-state index contributed by atoms with van der Waals surface area (Å²) in [7, 11) is -3.38. The molecule has 0 aromatic carbocycles. The molecule has 0 saturated carbocycles. The minimum Gasteiger partial charge on any atom is -0.350 e. The maximum absolute atomic E-state index is 11.7. The van der Waals surface area contributed by atoms with Crippen LogP contribution < -0.4 is 5.32 Å². The van der Waals surface area contributed by atoms with Crippen molar-refractivity contribution in [2.24, 2.45) is 0 Å². The zero-order valence-corrected chi connectivity index (χ0v) is 11.4. The van der Waals surface area contributed by atoms with Gasteiger partial charge in [0.25, 0.3) is 5.91 Å². The molecule has 6 nitrogen and oxygen atoms in total. The molecule has 1 rings (SSSR count). The van der Waals surface area contributed by atoms with Gasteiger partial charge in [-0.15, -0.1) is 10.2 Å². The fourth-order valence-corrected chi connectivity index (χ4v) is 3.46. The molecule has 0 fully saturated rings. The summed E-state index contributed by atoms with van der Waals surface area (Å²) in [5, 5.41) is 9.86. The van der Waals surface area contributed by atoms with E-state index in [-0.39, 0.29) is 21.0 Å². The van der Waals surface area contributed by atoms with E-state index in [1.807, 2.05) is 6.92 Å². The number of carbonyl (C=O) groups is 1. The molecule has 0 aliphatic heterocycles. The number of sulfone groups is 1. The van der Waals surface area contributed by atoms with Crippen molar-refractivity contribution in [3.63, 3.8) is 0 Å². The SMILES string of the molecule is CCCNC(=O)c1nnc(S(=O)(=O)CCC)s1. The number of amides is 1. The highest BCUT2D eigenvalue weighted by molar-refractivity contribution is 7.93. The van der Waals surface area contributed by atoms with Gasteiger partial charge in [-0.3, -0.25) is 4.79 Å². The molecular formula is C9H15N3O3S2. The van der Waals surface area contributed by atoms with E-state index >= 15 is 0 Å². The van der Waals surface area contributed by atoms with E-state index in [0.29, 0.717) is 13.0 Å². The lowest BCUT2D eigenvalue weighted by molar-refractivity contribution is 0.0952. The molecule has 0 aliphatic rings. The molecular weight excluding hydrogens is 262 g/mol. The van der Waals surface area contributed by atoms with Gasteiger partial charge in [0, 0.05) is 6.54 Å². The van der Waals surface area contributed by atoms with Crippen LogP contribution in [0.1, 0.15) is 36.5 Å². The van der Waals surface area contributed by atoms with Crippen LogP contribution in [0.15, 0.2) is 4.34 Å². The first-order valence-corrected chi connectivity index (χ1v) is 7.82. The number of hydrogen-bond acceptors (Lipinski definition) is 6. The monoisotopic (exact) mass is 277 g/mol. The summed E-state index contributed by atoms with van der Waals surface area (Å²) in [4.78, 5) is 11.5. The molecule has 1 amide bonds. The minimum absolute atomic E-state index is 0.0260. The lowest BCUT2D eigenvalue weighted by atomic mass is 10.5. The third-order valence-electron chi connectivity index (χ3n) is 1.88. The van der Waals surface area contributed by atoms with Crippen molar-refractivity contribution in [1.29, 1.82) is 0 Å². The lowest BCUT2D eigenvalue weighted by Gasteiger charge is -1.97. The molecule has 96 valence electrons. The molecule has 0 bridgehead atoms. The van der Waals surface area contributed by atoms with Crippen LogP contribution in [0.5, 0.6) is 0 Å². The van der Waals surface area contributed by atoms with Crippen molar-refractivity contribution in [3.8, 4) is 0 Å². The van der Waals surface area contributed by atoms with Crippen LogP contribution >= 0.6 is 11.3 Å². The van der Waals surface area contributed by atoms with Crippen molar-refractivity contribution in [2.75, 3.05) is 12.3 Å². The number of hydrogen-bond donors (Lipinski definition) is 1. The maximum atomic E-state index is 11.7. The van der Waals surface area contributed by atoms with Gasteiger partial charge in [0.1, 0.15) is 0 Å². The maximum Gasteiger partial charge on any atom is 0.282 e. The fourth-order valence-electron chi connectivity index (χ4n) is 1.10. The molecule has 1 aromatic rings. The Labute approximate surface area is 104 Å². The first-order chi connectivity index (χ1) is 8.01. The van der Waals surface area contributed by atoms with Gasteiger partial charge in [-0.2, -0.15) is 0 Å². The Balaban J connectivity index is 2.81. The molecule has 1 aromatic heterocycles. The van der Waals surface area contributed by atoms with Gasteiger partial charge in [-0.25, -0.2) is 8.42 Å². The van der Waals surface area contributed by atoms with E-state index in [9.17, 15) is 13.2 Å². The molecule has 1 heterocycles. The third-order valence-corrected chi connectivity index (χ3v) is 5.16. The number of nitrogens with one attached hydrogen (secondary N) is 1. The molecule has 1 N–H and O–H groups in total. The molecule has 0 saturated heterocycles. The van der Waals surface area contributed by atoms with E-state index in [4.69, 9.17) is 0 Å². The van der Waals surface area contributed by atoms with Gasteiger partial charge in [0.15, 0.2) is 0 Å². The lowest BCUT2D eigenvalue weighted by Crippen LogP contribution is -2.23. The van der Waals surface area contributed by atoms with E-state index in [0.717, 1.165) is 17.8 Å². The highest BCUT2D eigenvalue weighted by atomic mass is 32.2. The van der Waals surface area contributed by atoms with Crippen LogP contribution in [0.3, 0.4) is 0 Å². The number of rotatable bonds is 6. The number of aromatic nitrogens is 2. The normalized spacial score (nSPS) is 11.4. The van der Waals surface area contributed by atoms with Gasteiger partial charge >= 0.3 is 0 Å². The number of carbonyl (C=O) groups excluding carboxylic acids is 1. The average molecular weight is 277 g/mol. The van der Waals surface area contributed by atoms with Crippen molar-refractivity contribution < 1.29 is 13.2 Å². The molecule has 0 spiro atoms. The second-order valence-corrected chi connectivity index (χ2v) is 6.71. The zero-order valence-electron chi connectivity index (χ0n) is 9.76. The topological polar surface area (TPSA) is 89.0 Å². The summed E-state index contributed by atoms with van der Waals surface area (Å²) >= 11 is 0.816. The van der Waals surface area contributed by atoms with Crippen LogP contribution in [-0.4, -0.2) is 36.8 Å². The van der Waals surface area contributed by atoms with Crippen LogP contribution in [0.25, 0.3) is 0 Å². The Morgan fingerprint density at radius 3 is 2.59 bits per heavy atom. The molecule has 17 heavy (non-hydrogen) atoms. The summed E-state index contributed by atoms with van der Waals surface area (Å²) in [6.45, 7) is 4.24. The van der Waals surface area contributed by atoms with E-state index in [2.05, 4.69) is 15.5 Å². The summed E-state index contributed by atoms with van der Waals surface area (Å²) < 4.78 is 23.2. The van der Waals surface area contributed by atoms with E-state index < -0.39 is 9.84 Å². The van der Waals surface area contributed by atoms with Crippen molar-refractivity contribution in [2.45, 2.75) is 31.0 Å². The Kier molecular flexibility index (Phi) is 5.01. The summed E-state index contributed by atoms with van der Waals surface area (Å²) in [6, 6.07) is 0. The highest BCUT2D eigenvalue weighted by Gasteiger charge is 2.21. The Bertz CT molecular complexity index is 481. The second kappa shape index (κ2) is 6.06. The van der Waals surface area contributed by atoms with Crippen molar-refractivity contribution in [1.82, 2.24) is 15.5 Å². The van der Waals surface area contributed by atoms with Crippen LogP contribution in [0, 0.1) is 0 Å². The summed E-state index contributed by atoms with van der Waals surface area (Å²) in [5.74, 6) is -0.347. The minimum atomic E-state index is -3.38. The Morgan fingerprint density at radius 1 is 1.29 bits per heavy atom. The zero-order chi connectivity index (χ0) is 12.9. The van der Waals surface area contributed by atoms with E-state index in [1.54, 1.807) is 6.92 Å². The van der Waals surface area contributed by atoms with Crippen LogP contribution in [0.2, 0.25) is 0 Å². The molecule has 0 atom stereocenters. The Morgan fingerprint density at radius 2 is 2.00 bits per heavy atom. The standard InChI is InChI=1S/C9H15N3O3S2/c1-3-5-10-7(13)8-11-12-9(16-8)17(14,15)6-4-2/h3-6H2,1-2H3,(H,10,13). The molecule has 8 heteroatoms. The van der Waals surface area contributed by atoms with Crippen LogP contribution in [0.4, 0.5) is 0 Å². The van der Waals surface area contributed by atoms with Gasteiger partial charge in [-0.1, -0.05) is 25.2 Å². The number of nitrogens with zero attached hydrogens (tertiary/aromatic N) is 2. The first kappa shape index (κ1) is 14.0. The van der Waals surface area contributed by atoms with Crippen LogP contribution in [-0.2, 0) is 9.84 Å². The summed E-state index contributed by atoms with van der Waals surface area (Å²) in [5.41, 5.74) is 0. The highest BCUT2D eigenvalue weighted by Crippen LogP contribution is 2.17. The molecule has 0 aliphatic carbocycles. The van der Waals surface area contributed by atoms with Crippen molar-refractivity contribution >= 4 is 27.1 Å². The average Bonchev–Trinajstić information content (AvgIpc) is 2.75. The second-order valence-electron chi connectivity index (χ2n) is 3.45. The van der Waals surface area contributed by atoms with Gasteiger partial charge in [-0.05, 0) is 12.8 Å². The Hall–Kier alpha value is -1.02. The largest absolute Gasteiger partial charge is 0.350 e. The van der Waals surface area contributed by atoms with Gasteiger partial charge in [0.05, 0.1) is 5.75 Å². The van der Waals surface area contributed by atoms with Gasteiger partial charge in [0.2, 0.25) is 19.2 Å². The molecule has 0 unspecified atom stereocenters. The predicted octanol–water partition coefficient (Wildman–Crippen LogP) is 0.862.